The Hall–Kier alpha value is -2.09. The van der Waals surface area contributed by atoms with Gasteiger partial charge in [0.1, 0.15) is 0 Å². The molecular weight excluding hydrogens is 354 g/mol. The first kappa shape index (κ1) is 17.3. The standard InChI is InChI=1S/C19H21NO5S/c1-12-3-6-14(7-4-12)26(21,22)18-17(19(18,20)10-23-2)13-5-8-15-16(9-13)25-11-24-15/h3-9,17-18H,10-11,20H2,1-2H3/t17-,18-,19-/m0/s1. The van der Waals surface area contributed by atoms with Gasteiger partial charge in [-0.05, 0) is 36.8 Å². The van der Waals surface area contributed by atoms with Crippen molar-refractivity contribution in [1.82, 2.24) is 0 Å². The number of sulfone groups is 1. The summed E-state index contributed by atoms with van der Waals surface area (Å²) >= 11 is 0. The number of hydrogen-bond acceptors (Lipinski definition) is 6. The highest BCUT2D eigenvalue weighted by molar-refractivity contribution is 7.92. The van der Waals surface area contributed by atoms with E-state index >= 15 is 0 Å². The SMILES string of the molecule is COC[C@]1(N)[C@@H](c2ccc3c(c2)OCO3)[C@@H]1S(=O)(=O)c1ccc(C)cc1. The molecule has 0 unspecified atom stereocenters. The molecule has 7 heteroatoms. The molecule has 0 amide bonds. The van der Waals surface area contributed by atoms with E-state index in [2.05, 4.69) is 0 Å². The fourth-order valence-electron chi connectivity index (χ4n) is 3.78. The van der Waals surface area contributed by atoms with Gasteiger partial charge in [0.05, 0.1) is 22.3 Å². The van der Waals surface area contributed by atoms with Gasteiger partial charge in [0.25, 0.3) is 0 Å². The zero-order chi connectivity index (χ0) is 18.5. The number of hydrogen-bond donors (Lipinski definition) is 1. The average molecular weight is 375 g/mol. The molecule has 2 N–H and O–H groups in total. The van der Waals surface area contributed by atoms with E-state index in [0.717, 1.165) is 11.1 Å². The Balaban J connectivity index is 1.73. The lowest BCUT2D eigenvalue weighted by Crippen LogP contribution is -2.35. The first-order valence-corrected chi connectivity index (χ1v) is 9.90. The second-order valence-corrected chi connectivity index (χ2v) is 8.98. The lowest BCUT2D eigenvalue weighted by molar-refractivity contribution is 0.171. The Labute approximate surface area is 152 Å². The highest BCUT2D eigenvalue weighted by atomic mass is 32.2. The second-order valence-electron chi connectivity index (χ2n) is 6.91. The molecule has 1 saturated carbocycles. The molecule has 6 nitrogen and oxygen atoms in total. The fourth-order valence-corrected chi connectivity index (χ4v) is 6.07. The minimum atomic E-state index is -3.60. The summed E-state index contributed by atoms with van der Waals surface area (Å²) in [5.74, 6) is 0.894. The topological polar surface area (TPSA) is 87.8 Å². The summed E-state index contributed by atoms with van der Waals surface area (Å²) in [7, 11) is -2.07. The Morgan fingerprint density at radius 3 is 2.54 bits per heavy atom. The molecule has 0 radical (unpaired) electrons. The Morgan fingerprint density at radius 2 is 1.85 bits per heavy atom. The van der Waals surface area contributed by atoms with Gasteiger partial charge >= 0.3 is 0 Å². The largest absolute Gasteiger partial charge is 0.454 e. The van der Waals surface area contributed by atoms with E-state index in [0.29, 0.717) is 11.5 Å². The number of benzene rings is 2. The predicted octanol–water partition coefficient (Wildman–Crippen LogP) is 2.01. The zero-order valence-corrected chi connectivity index (χ0v) is 15.5. The van der Waals surface area contributed by atoms with Crippen LogP contribution in [0.2, 0.25) is 0 Å². The smallest absolute Gasteiger partial charge is 0.231 e. The van der Waals surface area contributed by atoms with E-state index in [4.69, 9.17) is 19.9 Å². The van der Waals surface area contributed by atoms with Crippen LogP contribution in [0.15, 0.2) is 47.4 Å². The zero-order valence-electron chi connectivity index (χ0n) is 14.6. The van der Waals surface area contributed by atoms with Crippen LogP contribution in [0.25, 0.3) is 0 Å². The number of ether oxygens (including phenoxy) is 3. The van der Waals surface area contributed by atoms with E-state index < -0.39 is 20.6 Å². The molecule has 2 aromatic rings. The summed E-state index contributed by atoms with van der Waals surface area (Å²) in [4.78, 5) is 0.280. The highest BCUT2D eigenvalue weighted by Crippen LogP contribution is 2.56. The summed E-state index contributed by atoms with van der Waals surface area (Å²) in [6, 6.07) is 12.3. The van der Waals surface area contributed by atoms with Crippen LogP contribution in [0, 0.1) is 6.92 Å². The van der Waals surface area contributed by atoms with Crippen LogP contribution >= 0.6 is 0 Å². The van der Waals surface area contributed by atoms with Crippen LogP contribution in [0.5, 0.6) is 11.5 Å². The molecule has 26 heavy (non-hydrogen) atoms. The van der Waals surface area contributed by atoms with Crippen molar-refractivity contribution in [3.63, 3.8) is 0 Å². The molecule has 0 saturated heterocycles. The molecule has 0 aromatic heterocycles. The molecule has 2 aromatic carbocycles. The lowest BCUT2D eigenvalue weighted by atomic mass is 10.1. The molecule has 0 spiro atoms. The number of rotatable bonds is 5. The van der Waals surface area contributed by atoms with Gasteiger partial charge in [-0.25, -0.2) is 8.42 Å². The van der Waals surface area contributed by atoms with Gasteiger partial charge in [-0.2, -0.15) is 0 Å². The quantitative estimate of drug-likeness (QED) is 0.860. The molecule has 4 rings (SSSR count). The maximum absolute atomic E-state index is 13.2. The van der Waals surface area contributed by atoms with Gasteiger partial charge in [-0.1, -0.05) is 23.8 Å². The third-order valence-electron chi connectivity index (χ3n) is 5.14. The van der Waals surface area contributed by atoms with Gasteiger partial charge in [0, 0.05) is 13.0 Å². The van der Waals surface area contributed by atoms with Crippen molar-refractivity contribution in [3.8, 4) is 11.5 Å². The third kappa shape index (κ3) is 2.58. The number of aryl methyl sites for hydroxylation is 1. The van der Waals surface area contributed by atoms with Crippen LogP contribution in [-0.2, 0) is 14.6 Å². The summed E-state index contributed by atoms with van der Waals surface area (Å²) in [5.41, 5.74) is 7.34. The molecule has 0 bridgehead atoms. The second kappa shape index (κ2) is 5.97. The van der Waals surface area contributed by atoms with Crippen molar-refractivity contribution in [2.24, 2.45) is 5.73 Å². The summed E-state index contributed by atoms with van der Waals surface area (Å²) < 4.78 is 42.4. The number of methoxy groups -OCH3 is 1. The molecule has 1 aliphatic carbocycles. The van der Waals surface area contributed by atoms with Gasteiger partial charge < -0.3 is 19.9 Å². The number of fused-ring (bicyclic) bond motifs is 1. The van der Waals surface area contributed by atoms with Crippen LogP contribution in [0.3, 0.4) is 0 Å². The van der Waals surface area contributed by atoms with Crippen molar-refractivity contribution in [1.29, 1.82) is 0 Å². The fraction of sp³-hybridized carbons (Fsp3) is 0.368. The first-order chi connectivity index (χ1) is 12.4. The average Bonchev–Trinajstić information content (AvgIpc) is 2.99. The normalized spacial score (nSPS) is 26.7. The van der Waals surface area contributed by atoms with Crippen LogP contribution in [0.4, 0.5) is 0 Å². The van der Waals surface area contributed by atoms with Crippen LogP contribution < -0.4 is 15.2 Å². The van der Waals surface area contributed by atoms with E-state index in [1.165, 1.54) is 7.11 Å². The maximum atomic E-state index is 13.2. The highest BCUT2D eigenvalue weighted by Gasteiger charge is 2.69. The van der Waals surface area contributed by atoms with Gasteiger partial charge in [0.15, 0.2) is 21.3 Å². The third-order valence-corrected chi connectivity index (χ3v) is 7.45. The Bertz CT molecular complexity index is 941. The Morgan fingerprint density at radius 1 is 1.15 bits per heavy atom. The van der Waals surface area contributed by atoms with Crippen molar-refractivity contribution >= 4 is 9.84 Å². The van der Waals surface area contributed by atoms with E-state index in [9.17, 15) is 8.42 Å². The predicted molar refractivity (Wildman–Crippen MR) is 96.3 cm³/mol. The van der Waals surface area contributed by atoms with Gasteiger partial charge in [0.2, 0.25) is 6.79 Å². The maximum Gasteiger partial charge on any atom is 0.231 e. The minimum absolute atomic E-state index is 0.155. The molecule has 2 aliphatic rings. The molecule has 1 heterocycles. The van der Waals surface area contributed by atoms with Crippen LogP contribution in [0.1, 0.15) is 17.0 Å². The van der Waals surface area contributed by atoms with E-state index in [1.807, 2.05) is 19.1 Å². The molecule has 3 atom stereocenters. The van der Waals surface area contributed by atoms with Crippen molar-refractivity contribution in [3.05, 3.63) is 53.6 Å². The van der Waals surface area contributed by atoms with Gasteiger partial charge in [-0.15, -0.1) is 0 Å². The van der Waals surface area contributed by atoms with Crippen molar-refractivity contribution < 1.29 is 22.6 Å². The molecule has 1 aliphatic heterocycles. The minimum Gasteiger partial charge on any atom is -0.454 e. The van der Waals surface area contributed by atoms with E-state index in [-0.39, 0.29) is 24.2 Å². The first-order valence-electron chi connectivity index (χ1n) is 8.36. The molecule has 1 fully saturated rings. The monoisotopic (exact) mass is 375 g/mol. The lowest BCUT2D eigenvalue weighted by Gasteiger charge is -2.11. The van der Waals surface area contributed by atoms with E-state index in [1.54, 1.807) is 30.3 Å². The van der Waals surface area contributed by atoms with Crippen molar-refractivity contribution in [2.45, 2.75) is 28.5 Å². The van der Waals surface area contributed by atoms with Crippen LogP contribution in [-0.4, -0.2) is 39.7 Å². The number of nitrogens with two attached hydrogens (primary N) is 1. The van der Waals surface area contributed by atoms with Gasteiger partial charge in [-0.3, -0.25) is 0 Å². The molecule has 138 valence electrons. The molecular formula is C19H21NO5S. The summed E-state index contributed by atoms with van der Waals surface area (Å²) in [6.45, 7) is 2.24. The van der Waals surface area contributed by atoms with Crippen molar-refractivity contribution in [2.75, 3.05) is 20.5 Å². The Kier molecular flexibility index (Phi) is 3.98. The summed E-state index contributed by atoms with van der Waals surface area (Å²) in [6.07, 6.45) is 0. The summed E-state index contributed by atoms with van der Waals surface area (Å²) in [5, 5.41) is -0.752.